The molecule has 0 aliphatic rings. The van der Waals surface area contributed by atoms with E-state index in [-0.39, 0.29) is 12.1 Å². The zero-order valence-corrected chi connectivity index (χ0v) is 10.5. The van der Waals surface area contributed by atoms with Crippen LogP contribution in [0.1, 0.15) is 25.5 Å². The predicted octanol–water partition coefficient (Wildman–Crippen LogP) is 1.77. The van der Waals surface area contributed by atoms with E-state index in [9.17, 15) is 5.11 Å². The van der Waals surface area contributed by atoms with Crippen LogP contribution in [-0.2, 0) is 0 Å². The van der Waals surface area contributed by atoms with Crippen molar-refractivity contribution in [1.82, 2.24) is 15.5 Å². The van der Waals surface area contributed by atoms with Crippen LogP contribution in [0.2, 0.25) is 0 Å². The van der Waals surface area contributed by atoms with E-state index in [1.807, 2.05) is 24.3 Å². The average molecular weight is 247 g/mol. The van der Waals surface area contributed by atoms with Gasteiger partial charge in [0.15, 0.2) is 0 Å². The molecule has 0 saturated heterocycles. The van der Waals surface area contributed by atoms with Gasteiger partial charge in [-0.25, -0.2) is 0 Å². The summed E-state index contributed by atoms with van der Waals surface area (Å²) in [5.74, 6) is 0.583. The van der Waals surface area contributed by atoms with Gasteiger partial charge in [-0.2, -0.15) is 4.98 Å². The second kappa shape index (κ2) is 5.75. The lowest BCUT2D eigenvalue weighted by atomic mass is 10.0. The lowest BCUT2D eigenvalue weighted by molar-refractivity contribution is 0.187. The molecular weight excluding hydrogens is 230 g/mol. The number of hydrogen-bond donors (Lipinski definition) is 2. The van der Waals surface area contributed by atoms with Crippen molar-refractivity contribution in [2.45, 2.75) is 26.0 Å². The summed E-state index contributed by atoms with van der Waals surface area (Å²) in [4.78, 5) is 4.02. The molecule has 2 aromatic rings. The Balaban J connectivity index is 2.12. The maximum Gasteiger partial charge on any atom is 0.214 e. The fourth-order valence-electron chi connectivity index (χ4n) is 1.71. The Morgan fingerprint density at radius 3 is 2.89 bits per heavy atom. The van der Waals surface area contributed by atoms with Crippen LogP contribution in [0.15, 0.2) is 35.2 Å². The number of rotatable bonds is 5. The van der Waals surface area contributed by atoms with Gasteiger partial charge in [0.05, 0.1) is 6.10 Å². The third-order valence-electron chi connectivity index (χ3n) is 2.73. The fraction of sp³-hybridized carbons (Fsp3) is 0.385. The molecule has 0 bridgehead atoms. The molecule has 0 saturated carbocycles. The molecule has 18 heavy (non-hydrogen) atoms. The second-order valence-electron chi connectivity index (χ2n) is 4.36. The van der Waals surface area contributed by atoms with E-state index < -0.39 is 0 Å². The molecule has 1 aromatic heterocycles. The lowest BCUT2D eigenvalue weighted by Crippen LogP contribution is -2.27. The second-order valence-corrected chi connectivity index (χ2v) is 4.36. The van der Waals surface area contributed by atoms with Gasteiger partial charge in [-0.3, -0.25) is 0 Å². The quantitative estimate of drug-likeness (QED) is 0.842. The smallest absolute Gasteiger partial charge is 0.214 e. The van der Waals surface area contributed by atoms with Crippen LogP contribution in [0.25, 0.3) is 11.4 Å². The summed E-state index contributed by atoms with van der Waals surface area (Å²) in [7, 11) is 0. The number of aliphatic hydroxyl groups excluding tert-OH is 1. The largest absolute Gasteiger partial charge is 0.392 e. The van der Waals surface area contributed by atoms with Gasteiger partial charge in [0.25, 0.3) is 0 Å². The van der Waals surface area contributed by atoms with Gasteiger partial charge < -0.3 is 14.9 Å². The molecule has 1 aromatic carbocycles. The summed E-state index contributed by atoms with van der Waals surface area (Å²) in [6.45, 7) is 4.38. The molecule has 5 nitrogen and oxygen atoms in total. The van der Waals surface area contributed by atoms with Gasteiger partial charge in [-0.1, -0.05) is 23.4 Å². The number of nitrogens with zero attached hydrogens (tertiary/aromatic N) is 2. The Kier molecular flexibility index (Phi) is 4.07. The van der Waals surface area contributed by atoms with E-state index >= 15 is 0 Å². The van der Waals surface area contributed by atoms with Crippen molar-refractivity contribution in [2.75, 3.05) is 6.54 Å². The van der Waals surface area contributed by atoms with Gasteiger partial charge in [0, 0.05) is 18.2 Å². The molecule has 1 unspecified atom stereocenters. The first-order valence-electron chi connectivity index (χ1n) is 5.95. The Labute approximate surface area is 106 Å². The highest BCUT2D eigenvalue weighted by Crippen LogP contribution is 2.20. The maximum absolute atomic E-state index is 9.26. The summed E-state index contributed by atoms with van der Waals surface area (Å²) in [5, 5.41) is 16.3. The minimum atomic E-state index is -0.354. The number of benzene rings is 1. The van der Waals surface area contributed by atoms with Crippen molar-refractivity contribution < 1.29 is 9.63 Å². The van der Waals surface area contributed by atoms with Gasteiger partial charge in [-0.05, 0) is 25.5 Å². The SMILES string of the molecule is CC(NC[C@H](C)O)c1cccc(-c2ncon2)c1. The first-order valence-corrected chi connectivity index (χ1v) is 5.95. The van der Waals surface area contributed by atoms with Crippen LogP contribution in [0.3, 0.4) is 0 Å². The molecule has 0 amide bonds. The zero-order valence-electron chi connectivity index (χ0n) is 10.5. The monoisotopic (exact) mass is 247 g/mol. The highest BCUT2D eigenvalue weighted by atomic mass is 16.5. The van der Waals surface area contributed by atoms with E-state index in [0.717, 1.165) is 11.1 Å². The molecule has 0 aliphatic carbocycles. The summed E-state index contributed by atoms with van der Waals surface area (Å²) in [6, 6.07) is 8.11. The minimum Gasteiger partial charge on any atom is -0.392 e. The average Bonchev–Trinajstić information content (AvgIpc) is 2.90. The third-order valence-corrected chi connectivity index (χ3v) is 2.73. The third kappa shape index (κ3) is 3.15. The first-order chi connectivity index (χ1) is 8.66. The van der Waals surface area contributed by atoms with Crippen molar-refractivity contribution in [2.24, 2.45) is 0 Å². The Morgan fingerprint density at radius 2 is 2.22 bits per heavy atom. The molecule has 2 rings (SSSR count). The molecule has 0 spiro atoms. The molecule has 2 atom stereocenters. The van der Waals surface area contributed by atoms with Crippen molar-refractivity contribution in [3.05, 3.63) is 36.2 Å². The maximum atomic E-state index is 9.26. The summed E-state index contributed by atoms with van der Waals surface area (Å²) in [6.07, 6.45) is 0.963. The van der Waals surface area contributed by atoms with Crippen LogP contribution >= 0.6 is 0 Å². The molecular formula is C13H17N3O2. The van der Waals surface area contributed by atoms with Crippen LogP contribution < -0.4 is 5.32 Å². The molecule has 0 radical (unpaired) electrons. The highest BCUT2D eigenvalue weighted by molar-refractivity contribution is 5.55. The van der Waals surface area contributed by atoms with Crippen LogP contribution in [0.4, 0.5) is 0 Å². The molecule has 2 N–H and O–H groups in total. The van der Waals surface area contributed by atoms with Gasteiger partial charge in [0.2, 0.25) is 12.2 Å². The number of aliphatic hydroxyl groups is 1. The van der Waals surface area contributed by atoms with E-state index in [2.05, 4.69) is 22.4 Å². The van der Waals surface area contributed by atoms with Crippen LogP contribution in [0, 0.1) is 0 Å². The molecule has 0 aliphatic heterocycles. The van der Waals surface area contributed by atoms with Crippen molar-refractivity contribution >= 4 is 0 Å². The summed E-state index contributed by atoms with van der Waals surface area (Å²) in [5.41, 5.74) is 2.05. The van der Waals surface area contributed by atoms with Crippen molar-refractivity contribution in [3.63, 3.8) is 0 Å². The van der Waals surface area contributed by atoms with E-state index in [4.69, 9.17) is 4.52 Å². The first kappa shape index (κ1) is 12.7. The normalized spacial score (nSPS) is 14.4. The molecule has 96 valence electrons. The lowest BCUT2D eigenvalue weighted by Gasteiger charge is -2.15. The van der Waals surface area contributed by atoms with Gasteiger partial charge in [0.1, 0.15) is 0 Å². The minimum absolute atomic E-state index is 0.159. The van der Waals surface area contributed by atoms with E-state index in [1.165, 1.54) is 6.39 Å². The predicted molar refractivity (Wildman–Crippen MR) is 67.8 cm³/mol. The summed E-state index contributed by atoms with van der Waals surface area (Å²) >= 11 is 0. The topological polar surface area (TPSA) is 71.2 Å². The number of hydrogen-bond acceptors (Lipinski definition) is 5. The fourth-order valence-corrected chi connectivity index (χ4v) is 1.71. The Bertz CT molecular complexity index is 483. The Morgan fingerprint density at radius 1 is 1.39 bits per heavy atom. The number of nitrogens with one attached hydrogen (secondary N) is 1. The van der Waals surface area contributed by atoms with E-state index in [1.54, 1.807) is 6.92 Å². The molecule has 5 heteroatoms. The van der Waals surface area contributed by atoms with Crippen LogP contribution in [0.5, 0.6) is 0 Å². The Hall–Kier alpha value is -1.72. The molecule has 0 fully saturated rings. The standard InChI is InChI=1S/C13H17N3O2/c1-9(17)7-14-10(2)11-4-3-5-12(6-11)13-15-8-18-16-13/h3-6,8-10,14,17H,7H2,1-2H3/t9-,10?/m0/s1. The van der Waals surface area contributed by atoms with Crippen molar-refractivity contribution in [3.8, 4) is 11.4 Å². The van der Waals surface area contributed by atoms with Crippen molar-refractivity contribution in [1.29, 1.82) is 0 Å². The summed E-state index contributed by atoms with van der Waals surface area (Å²) < 4.78 is 4.74. The van der Waals surface area contributed by atoms with Gasteiger partial charge >= 0.3 is 0 Å². The number of aromatic nitrogens is 2. The van der Waals surface area contributed by atoms with E-state index in [0.29, 0.717) is 12.4 Å². The zero-order chi connectivity index (χ0) is 13.0. The molecule has 1 heterocycles. The van der Waals surface area contributed by atoms with Gasteiger partial charge in [-0.15, -0.1) is 0 Å². The van der Waals surface area contributed by atoms with Crippen LogP contribution in [-0.4, -0.2) is 27.9 Å². The highest BCUT2D eigenvalue weighted by Gasteiger charge is 2.09.